The van der Waals surface area contributed by atoms with Crippen molar-refractivity contribution in [1.82, 2.24) is 4.90 Å². The largest absolute Gasteiger partial charge is 0.378 e. The van der Waals surface area contributed by atoms with Gasteiger partial charge in [-0.05, 0) is 51.2 Å². The lowest BCUT2D eigenvalue weighted by atomic mass is 10.1. The summed E-state index contributed by atoms with van der Waals surface area (Å²) >= 11 is 0. The first-order valence-electron chi connectivity index (χ1n) is 5.50. The highest BCUT2D eigenvalue weighted by atomic mass is 15.1. The first kappa shape index (κ1) is 12.1. The molecule has 0 spiro atoms. The van der Waals surface area contributed by atoms with E-state index in [0.717, 1.165) is 6.54 Å². The van der Waals surface area contributed by atoms with Crippen LogP contribution in [0.25, 0.3) is 0 Å². The van der Waals surface area contributed by atoms with E-state index in [1.165, 1.54) is 24.1 Å². The van der Waals surface area contributed by atoms with Crippen molar-refractivity contribution in [3.8, 4) is 0 Å². The molecule has 0 aliphatic carbocycles. The number of rotatable bonds is 5. The van der Waals surface area contributed by atoms with Crippen LogP contribution in [0.5, 0.6) is 0 Å². The van der Waals surface area contributed by atoms with Gasteiger partial charge < -0.3 is 9.80 Å². The summed E-state index contributed by atoms with van der Waals surface area (Å²) in [4.78, 5) is 4.36. The predicted octanol–water partition coefficient (Wildman–Crippen LogP) is 2.25. The number of aryl methyl sites for hydroxylation is 1. The van der Waals surface area contributed by atoms with E-state index in [1.54, 1.807) is 0 Å². The van der Waals surface area contributed by atoms with Crippen LogP contribution in [0, 0.1) is 0 Å². The smallest absolute Gasteiger partial charge is 0.0361 e. The second kappa shape index (κ2) is 5.76. The number of benzene rings is 1. The second-order valence-electron chi connectivity index (χ2n) is 4.47. The standard InChI is InChI=1S/C13H22N2/c1-14(2)11-5-6-12-7-9-13(10-8-12)15(3)4/h7-10H,5-6,11H2,1-4H3. The predicted molar refractivity (Wildman–Crippen MR) is 67.6 cm³/mol. The Morgan fingerprint density at radius 1 is 0.933 bits per heavy atom. The lowest BCUT2D eigenvalue weighted by molar-refractivity contribution is 0.400. The van der Waals surface area contributed by atoms with E-state index in [9.17, 15) is 0 Å². The highest BCUT2D eigenvalue weighted by Gasteiger charge is 1.97. The third kappa shape index (κ3) is 4.34. The Bertz CT molecular complexity index is 275. The van der Waals surface area contributed by atoms with Crippen LogP contribution in [0.15, 0.2) is 24.3 Å². The number of hydrogen-bond donors (Lipinski definition) is 0. The summed E-state index contributed by atoms with van der Waals surface area (Å²) in [5.41, 5.74) is 2.70. The molecular weight excluding hydrogens is 184 g/mol. The van der Waals surface area contributed by atoms with Crippen molar-refractivity contribution in [2.45, 2.75) is 12.8 Å². The van der Waals surface area contributed by atoms with E-state index in [1.807, 2.05) is 0 Å². The van der Waals surface area contributed by atoms with Crippen LogP contribution in [-0.4, -0.2) is 39.6 Å². The Labute approximate surface area is 93.5 Å². The molecule has 1 aromatic carbocycles. The maximum absolute atomic E-state index is 2.23. The molecule has 0 aliphatic rings. The number of hydrogen-bond acceptors (Lipinski definition) is 2. The van der Waals surface area contributed by atoms with Gasteiger partial charge in [-0.25, -0.2) is 0 Å². The topological polar surface area (TPSA) is 6.48 Å². The summed E-state index contributed by atoms with van der Waals surface area (Å²) in [6.07, 6.45) is 2.40. The zero-order valence-corrected chi connectivity index (χ0v) is 10.3. The third-order valence-corrected chi connectivity index (χ3v) is 2.52. The lowest BCUT2D eigenvalue weighted by Gasteiger charge is -2.13. The summed E-state index contributed by atoms with van der Waals surface area (Å²) in [5, 5.41) is 0. The molecule has 0 heterocycles. The monoisotopic (exact) mass is 206 g/mol. The van der Waals surface area contributed by atoms with Crippen molar-refractivity contribution in [2.75, 3.05) is 39.6 Å². The Hall–Kier alpha value is -1.02. The fourth-order valence-corrected chi connectivity index (χ4v) is 1.56. The molecule has 0 unspecified atom stereocenters. The molecule has 0 atom stereocenters. The van der Waals surface area contributed by atoms with Gasteiger partial charge in [0.05, 0.1) is 0 Å². The van der Waals surface area contributed by atoms with Crippen LogP contribution < -0.4 is 4.90 Å². The lowest BCUT2D eigenvalue weighted by Crippen LogP contribution is -2.13. The van der Waals surface area contributed by atoms with Gasteiger partial charge in [0.2, 0.25) is 0 Å². The highest BCUT2D eigenvalue weighted by molar-refractivity contribution is 5.45. The van der Waals surface area contributed by atoms with Gasteiger partial charge in [-0.15, -0.1) is 0 Å². The second-order valence-corrected chi connectivity index (χ2v) is 4.47. The summed E-state index contributed by atoms with van der Waals surface area (Å²) in [5.74, 6) is 0. The average Bonchev–Trinajstić information content (AvgIpc) is 2.18. The first-order valence-corrected chi connectivity index (χ1v) is 5.50. The summed E-state index contributed by atoms with van der Waals surface area (Å²) in [7, 11) is 8.38. The molecule has 0 aromatic heterocycles. The average molecular weight is 206 g/mol. The maximum atomic E-state index is 2.23. The maximum Gasteiger partial charge on any atom is 0.0361 e. The molecule has 1 rings (SSSR count). The van der Waals surface area contributed by atoms with Crippen LogP contribution in [-0.2, 0) is 6.42 Å². The summed E-state index contributed by atoms with van der Waals surface area (Å²) in [6.45, 7) is 1.16. The van der Waals surface area contributed by atoms with Crippen LogP contribution >= 0.6 is 0 Å². The highest BCUT2D eigenvalue weighted by Crippen LogP contribution is 2.13. The molecule has 0 saturated heterocycles. The summed E-state index contributed by atoms with van der Waals surface area (Å²) in [6, 6.07) is 8.83. The fraction of sp³-hybridized carbons (Fsp3) is 0.538. The van der Waals surface area contributed by atoms with Crippen LogP contribution in [0.3, 0.4) is 0 Å². The minimum Gasteiger partial charge on any atom is -0.378 e. The minimum absolute atomic E-state index is 1.16. The van der Waals surface area contributed by atoms with E-state index in [4.69, 9.17) is 0 Å². The molecular formula is C13H22N2. The van der Waals surface area contributed by atoms with Crippen LogP contribution in [0.1, 0.15) is 12.0 Å². The zero-order chi connectivity index (χ0) is 11.3. The molecule has 0 saturated carbocycles. The Morgan fingerprint density at radius 2 is 1.53 bits per heavy atom. The summed E-state index contributed by atoms with van der Waals surface area (Å²) < 4.78 is 0. The quantitative estimate of drug-likeness (QED) is 0.729. The normalized spacial score (nSPS) is 10.7. The van der Waals surface area contributed by atoms with E-state index in [2.05, 4.69) is 62.3 Å². The Morgan fingerprint density at radius 3 is 2.00 bits per heavy atom. The molecule has 2 nitrogen and oxygen atoms in total. The van der Waals surface area contributed by atoms with Crippen molar-refractivity contribution < 1.29 is 0 Å². The van der Waals surface area contributed by atoms with E-state index in [-0.39, 0.29) is 0 Å². The van der Waals surface area contributed by atoms with E-state index < -0.39 is 0 Å². The van der Waals surface area contributed by atoms with Gasteiger partial charge in [0, 0.05) is 19.8 Å². The van der Waals surface area contributed by atoms with Crippen molar-refractivity contribution in [2.24, 2.45) is 0 Å². The van der Waals surface area contributed by atoms with Crippen LogP contribution in [0.4, 0.5) is 5.69 Å². The molecule has 0 radical (unpaired) electrons. The Balaban J connectivity index is 2.43. The van der Waals surface area contributed by atoms with Crippen molar-refractivity contribution >= 4 is 5.69 Å². The van der Waals surface area contributed by atoms with Crippen molar-refractivity contribution in [3.63, 3.8) is 0 Å². The van der Waals surface area contributed by atoms with Gasteiger partial charge in [-0.2, -0.15) is 0 Å². The minimum atomic E-state index is 1.16. The fourth-order valence-electron chi connectivity index (χ4n) is 1.56. The number of nitrogens with zero attached hydrogens (tertiary/aromatic N) is 2. The van der Waals surface area contributed by atoms with Gasteiger partial charge in [0.1, 0.15) is 0 Å². The van der Waals surface area contributed by atoms with Crippen LogP contribution in [0.2, 0.25) is 0 Å². The molecule has 0 amide bonds. The van der Waals surface area contributed by atoms with Crippen molar-refractivity contribution in [1.29, 1.82) is 0 Å². The van der Waals surface area contributed by atoms with Gasteiger partial charge >= 0.3 is 0 Å². The van der Waals surface area contributed by atoms with Gasteiger partial charge in [0.15, 0.2) is 0 Å². The molecule has 84 valence electrons. The van der Waals surface area contributed by atoms with Gasteiger partial charge in [-0.1, -0.05) is 12.1 Å². The van der Waals surface area contributed by atoms with E-state index >= 15 is 0 Å². The first-order chi connectivity index (χ1) is 7.09. The van der Waals surface area contributed by atoms with Gasteiger partial charge in [0.25, 0.3) is 0 Å². The van der Waals surface area contributed by atoms with E-state index in [0.29, 0.717) is 0 Å². The molecule has 0 N–H and O–H groups in total. The third-order valence-electron chi connectivity index (χ3n) is 2.52. The molecule has 15 heavy (non-hydrogen) atoms. The van der Waals surface area contributed by atoms with Crippen molar-refractivity contribution in [3.05, 3.63) is 29.8 Å². The molecule has 2 heteroatoms. The number of anilines is 1. The SMILES string of the molecule is CN(C)CCCc1ccc(N(C)C)cc1. The van der Waals surface area contributed by atoms with Gasteiger partial charge in [-0.3, -0.25) is 0 Å². The molecule has 0 bridgehead atoms. The Kier molecular flexibility index (Phi) is 4.63. The zero-order valence-electron chi connectivity index (χ0n) is 10.3. The molecule has 0 aliphatic heterocycles. The molecule has 0 fully saturated rings. The molecule has 1 aromatic rings.